The predicted octanol–water partition coefficient (Wildman–Crippen LogP) is 5.47. The van der Waals surface area contributed by atoms with Crippen molar-refractivity contribution in [3.05, 3.63) is 93.9 Å². The van der Waals surface area contributed by atoms with Crippen molar-refractivity contribution in [2.75, 3.05) is 13.7 Å². The van der Waals surface area contributed by atoms with Gasteiger partial charge in [-0.15, -0.1) is 0 Å². The fourth-order valence-corrected chi connectivity index (χ4v) is 5.32. The highest BCUT2D eigenvalue weighted by molar-refractivity contribution is 6.31. The lowest BCUT2D eigenvalue weighted by Crippen LogP contribution is -2.29. The number of nitrogens with zero attached hydrogens (tertiary/aromatic N) is 3. The van der Waals surface area contributed by atoms with Gasteiger partial charge in [0.15, 0.2) is 0 Å². The maximum Gasteiger partial charge on any atom is 0.330 e. The highest BCUT2D eigenvalue weighted by Crippen LogP contribution is 2.38. The van der Waals surface area contributed by atoms with Gasteiger partial charge in [-0.2, -0.15) is 5.10 Å². The molecule has 2 heterocycles. The zero-order valence-electron chi connectivity index (χ0n) is 20.0. The van der Waals surface area contributed by atoms with Gasteiger partial charge in [-0.25, -0.2) is 4.79 Å². The minimum Gasteiger partial charge on any atom is -0.466 e. The first kappa shape index (κ1) is 23.4. The molecule has 1 unspecified atom stereocenters. The third-order valence-electron chi connectivity index (χ3n) is 6.82. The van der Waals surface area contributed by atoms with Crippen molar-refractivity contribution in [3.8, 4) is 0 Å². The van der Waals surface area contributed by atoms with Crippen molar-refractivity contribution in [1.29, 1.82) is 0 Å². The molecule has 0 spiro atoms. The molecule has 0 aliphatic heterocycles. The number of carbonyl (C=O) groups is 1. The van der Waals surface area contributed by atoms with E-state index in [0.717, 1.165) is 37.1 Å². The smallest absolute Gasteiger partial charge is 0.330 e. The van der Waals surface area contributed by atoms with E-state index < -0.39 is 0 Å². The molecule has 2 aromatic carbocycles. The number of aromatic nitrogens is 3. The summed E-state index contributed by atoms with van der Waals surface area (Å²) in [7, 11) is 3.29. The molecule has 35 heavy (non-hydrogen) atoms. The molecule has 4 aromatic rings. The van der Waals surface area contributed by atoms with Gasteiger partial charge in [-0.05, 0) is 53.7 Å². The van der Waals surface area contributed by atoms with Crippen LogP contribution < -0.4 is 0 Å². The molecule has 2 aromatic heterocycles. The van der Waals surface area contributed by atoms with Crippen LogP contribution in [0.1, 0.15) is 40.4 Å². The Hall–Kier alpha value is -3.35. The SMILES string of the molecule is COC(=O)/C=C/c1ccc2c(c1)CCC2N(CCc1c[nH]c2ccccc12)Cc1nn(C)cc1Cl. The first-order chi connectivity index (χ1) is 17.0. The second-order valence-corrected chi connectivity index (χ2v) is 9.45. The number of methoxy groups -OCH3 is 1. The lowest BCUT2D eigenvalue weighted by Gasteiger charge is -2.29. The van der Waals surface area contributed by atoms with Crippen LogP contribution in [0.25, 0.3) is 17.0 Å². The van der Waals surface area contributed by atoms with E-state index in [1.165, 1.54) is 40.8 Å². The summed E-state index contributed by atoms with van der Waals surface area (Å²) in [6.45, 7) is 1.58. The highest BCUT2D eigenvalue weighted by atomic mass is 35.5. The second kappa shape index (κ2) is 10.1. The molecular weight excluding hydrogens is 460 g/mol. The van der Waals surface area contributed by atoms with Crippen molar-refractivity contribution in [1.82, 2.24) is 19.7 Å². The number of para-hydroxylation sites is 1. The van der Waals surface area contributed by atoms with Crippen molar-refractivity contribution in [3.63, 3.8) is 0 Å². The van der Waals surface area contributed by atoms with Crippen LogP contribution >= 0.6 is 11.6 Å². The predicted molar refractivity (Wildman–Crippen MR) is 139 cm³/mol. The van der Waals surface area contributed by atoms with Gasteiger partial charge in [0, 0.05) is 55.6 Å². The number of halogens is 1. The number of ether oxygens (including phenoxy) is 1. The van der Waals surface area contributed by atoms with Crippen LogP contribution in [0.2, 0.25) is 5.02 Å². The average molecular weight is 489 g/mol. The normalized spacial score (nSPS) is 15.4. The van der Waals surface area contributed by atoms with Crippen LogP contribution in [-0.2, 0) is 36.0 Å². The van der Waals surface area contributed by atoms with Gasteiger partial charge >= 0.3 is 5.97 Å². The van der Waals surface area contributed by atoms with Crippen molar-refractivity contribution < 1.29 is 9.53 Å². The summed E-state index contributed by atoms with van der Waals surface area (Å²) in [4.78, 5) is 17.4. The van der Waals surface area contributed by atoms with Crippen molar-refractivity contribution in [2.24, 2.45) is 7.05 Å². The maximum atomic E-state index is 11.5. The Kier molecular flexibility index (Phi) is 6.75. The monoisotopic (exact) mass is 488 g/mol. The van der Waals surface area contributed by atoms with E-state index in [1.54, 1.807) is 4.68 Å². The Morgan fingerprint density at radius 1 is 1.31 bits per heavy atom. The molecule has 5 rings (SSSR count). The number of nitrogens with one attached hydrogen (secondary N) is 1. The van der Waals surface area contributed by atoms with Gasteiger partial charge < -0.3 is 9.72 Å². The summed E-state index contributed by atoms with van der Waals surface area (Å²) in [6, 6.07) is 15.2. The molecule has 1 N–H and O–H groups in total. The number of aromatic amines is 1. The highest BCUT2D eigenvalue weighted by Gasteiger charge is 2.29. The first-order valence-corrected chi connectivity index (χ1v) is 12.3. The van der Waals surface area contributed by atoms with Gasteiger partial charge in [0.2, 0.25) is 0 Å². The van der Waals surface area contributed by atoms with Crippen LogP contribution in [0.15, 0.2) is 60.9 Å². The number of benzene rings is 2. The van der Waals surface area contributed by atoms with E-state index in [9.17, 15) is 4.79 Å². The average Bonchev–Trinajstić information content (AvgIpc) is 3.56. The minimum absolute atomic E-state index is 0.284. The number of hydrogen-bond donors (Lipinski definition) is 1. The number of H-pyrrole nitrogens is 1. The summed E-state index contributed by atoms with van der Waals surface area (Å²) < 4.78 is 6.49. The van der Waals surface area contributed by atoms with E-state index in [2.05, 4.69) is 63.6 Å². The maximum absolute atomic E-state index is 11.5. The van der Waals surface area contributed by atoms with Crippen LogP contribution in [0.4, 0.5) is 0 Å². The Bertz CT molecular complexity index is 1390. The standard InChI is InChI=1S/C28H29ClN4O2/c1-32-17-24(29)26(31-32)18-33(14-13-21-16-30-25-6-4-3-5-22(21)25)27-11-9-20-15-19(7-10-23(20)27)8-12-28(34)35-2/h3-8,10,12,15-17,27,30H,9,11,13-14,18H2,1-2H3/b12-8+. The molecule has 0 amide bonds. The molecule has 1 atom stereocenters. The molecule has 1 aliphatic carbocycles. The van der Waals surface area contributed by atoms with Crippen LogP contribution in [0.5, 0.6) is 0 Å². The Labute approximate surface area is 210 Å². The fraction of sp³-hybridized carbons (Fsp3) is 0.286. The number of aryl methyl sites for hydroxylation is 2. The molecule has 7 heteroatoms. The molecule has 180 valence electrons. The van der Waals surface area contributed by atoms with Gasteiger partial charge in [0.05, 0.1) is 17.8 Å². The molecule has 0 fully saturated rings. The molecule has 0 saturated carbocycles. The van der Waals surface area contributed by atoms with Gasteiger partial charge in [-0.3, -0.25) is 9.58 Å². The van der Waals surface area contributed by atoms with E-state index in [0.29, 0.717) is 11.6 Å². The van der Waals surface area contributed by atoms with Crippen LogP contribution in [-0.4, -0.2) is 39.3 Å². The Balaban J connectivity index is 1.40. The molecule has 1 aliphatic rings. The molecule has 0 bridgehead atoms. The fourth-order valence-electron chi connectivity index (χ4n) is 5.08. The molecule has 0 saturated heterocycles. The third-order valence-corrected chi connectivity index (χ3v) is 7.13. The Morgan fingerprint density at radius 2 is 2.17 bits per heavy atom. The third kappa shape index (κ3) is 5.04. The van der Waals surface area contributed by atoms with E-state index in [1.807, 2.05) is 19.3 Å². The van der Waals surface area contributed by atoms with Crippen LogP contribution in [0.3, 0.4) is 0 Å². The lowest BCUT2D eigenvalue weighted by atomic mass is 10.0. The van der Waals surface area contributed by atoms with Crippen LogP contribution in [0, 0.1) is 0 Å². The molecular formula is C28H29ClN4O2. The minimum atomic E-state index is -0.348. The summed E-state index contributed by atoms with van der Waals surface area (Å²) >= 11 is 6.51. The number of fused-ring (bicyclic) bond motifs is 2. The van der Waals surface area contributed by atoms with Gasteiger partial charge in [0.25, 0.3) is 0 Å². The quantitative estimate of drug-likeness (QED) is 0.264. The summed E-state index contributed by atoms with van der Waals surface area (Å²) in [5.74, 6) is -0.348. The van der Waals surface area contributed by atoms with Crippen molar-refractivity contribution >= 4 is 34.5 Å². The number of carbonyl (C=O) groups excluding carboxylic acids is 1. The number of rotatable bonds is 8. The van der Waals surface area contributed by atoms with Gasteiger partial charge in [0.1, 0.15) is 0 Å². The summed E-state index contributed by atoms with van der Waals surface area (Å²) in [5.41, 5.74) is 7.06. The zero-order valence-corrected chi connectivity index (χ0v) is 20.8. The summed E-state index contributed by atoms with van der Waals surface area (Å²) in [5, 5.41) is 6.59. The largest absolute Gasteiger partial charge is 0.466 e. The molecule has 6 nitrogen and oxygen atoms in total. The van der Waals surface area contributed by atoms with E-state index >= 15 is 0 Å². The van der Waals surface area contributed by atoms with E-state index in [-0.39, 0.29) is 12.0 Å². The number of hydrogen-bond acceptors (Lipinski definition) is 4. The summed E-state index contributed by atoms with van der Waals surface area (Å²) in [6.07, 6.45) is 10.2. The van der Waals surface area contributed by atoms with Crippen molar-refractivity contribution in [2.45, 2.75) is 31.8 Å². The lowest BCUT2D eigenvalue weighted by molar-refractivity contribution is -0.134. The molecule has 0 radical (unpaired) electrons. The second-order valence-electron chi connectivity index (χ2n) is 9.05. The first-order valence-electron chi connectivity index (χ1n) is 11.9. The van der Waals surface area contributed by atoms with Gasteiger partial charge in [-0.1, -0.05) is 48.0 Å². The van der Waals surface area contributed by atoms with E-state index in [4.69, 9.17) is 16.3 Å². The number of esters is 1. The Morgan fingerprint density at radius 3 is 2.97 bits per heavy atom. The zero-order chi connectivity index (χ0) is 24.4. The topological polar surface area (TPSA) is 63.1 Å².